The molecule has 1 unspecified atom stereocenters. The molecule has 0 aromatic heterocycles. The second-order valence-electron chi connectivity index (χ2n) is 4.65. The van der Waals surface area contributed by atoms with Crippen LogP contribution in [0.3, 0.4) is 0 Å². The van der Waals surface area contributed by atoms with Gasteiger partial charge < -0.3 is 5.73 Å². The fourth-order valence-electron chi connectivity index (χ4n) is 2.20. The van der Waals surface area contributed by atoms with Crippen LogP contribution in [0, 0.1) is 11.2 Å². The molecule has 0 radical (unpaired) electrons. The number of nitrogens with one attached hydrogen (secondary N) is 1. The predicted octanol–water partition coefficient (Wildman–Crippen LogP) is 2.05. The topological polar surface area (TPSA) is 53.1 Å². The van der Waals surface area contributed by atoms with Crippen LogP contribution >= 0.6 is 11.8 Å². The van der Waals surface area contributed by atoms with E-state index in [1.165, 1.54) is 24.3 Å². The lowest BCUT2D eigenvalue weighted by atomic mass is 10.1. The molecule has 3 N–H and O–H groups in total. The number of benzene rings is 1. The first-order chi connectivity index (χ1) is 8.58. The number of halogens is 1. The summed E-state index contributed by atoms with van der Waals surface area (Å²) in [4.78, 5) is 2.26. The third-order valence-corrected chi connectivity index (χ3v) is 4.46. The molecule has 1 aliphatic heterocycles. The summed E-state index contributed by atoms with van der Waals surface area (Å²) in [6, 6.07) is 5.07. The lowest BCUT2D eigenvalue weighted by molar-refractivity contribution is 0.254. The van der Waals surface area contributed by atoms with Gasteiger partial charge >= 0.3 is 0 Å². The second kappa shape index (κ2) is 5.71. The Hall–Kier alpha value is -1.07. The smallest absolute Gasteiger partial charge is 0.123 e. The largest absolute Gasteiger partial charge is 0.384 e. The minimum atomic E-state index is -0.344. The Bertz CT molecular complexity index is 444. The van der Waals surface area contributed by atoms with E-state index in [1.807, 2.05) is 11.8 Å². The second-order valence-corrected chi connectivity index (χ2v) is 5.80. The van der Waals surface area contributed by atoms with E-state index in [0.29, 0.717) is 18.2 Å². The van der Waals surface area contributed by atoms with Crippen LogP contribution in [0.15, 0.2) is 18.2 Å². The van der Waals surface area contributed by atoms with E-state index in [1.54, 1.807) is 6.07 Å². The minimum absolute atomic E-state index is 0.0707. The van der Waals surface area contributed by atoms with E-state index in [9.17, 15) is 4.39 Å². The molecule has 98 valence electrons. The Morgan fingerprint density at radius 3 is 3.00 bits per heavy atom. The molecule has 0 aliphatic carbocycles. The number of amidine groups is 1. The summed E-state index contributed by atoms with van der Waals surface area (Å²) in [6.07, 6.45) is 1.19. The summed E-state index contributed by atoms with van der Waals surface area (Å²) < 4.78 is 13.2. The molecule has 1 atom stereocenters. The molecule has 1 heterocycles. The highest BCUT2D eigenvalue weighted by Gasteiger charge is 2.21. The molecule has 18 heavy (non-hydrogen) atoms. The van der Waals surface area contributed by atoms with Gasteiger partial charge in [0, 0.05) is 23.9 Å². The number of rotatable bonds is 4. The molecular formula is C13H18FN3S. The predicted molar refractivity (Wildman–Crippen MR) is 74.6 cm³/mol. The average molecular weight is 267 g/mol. The number of nitrogens with zero attached hydrogens (tertiary/aromatic N) is 1. The number of thioether (sulfide) groups is 1. The highest BCUT2D eigenvalue weighted by molar-refractivity contribution is 7.99. The van der Waals surface area contributed by atoms with Crippen LogP contribution in [0.1, 0.15) is 17.5 Å². The SMILES string of the molecule is CN(Cc1ccc(F)cc1C(=N)N)C1CCSC1. The average Bonchev–Trinajstić information content (AvgIpc) is 2.84. The van der Waals surface area contributed by atoms with Crippen LogP contribution in [0.5, 0.6) is 0 Å². The van der Waals surface area contributed by atoms with Crippen molar-refractivity contribution in [3.63, 3.8) is 0 Å². The molecule has 0 spiro atoms. The van der Waals surface area contributed by atoms with Crippen LogP contribution < -0.4 is 5.73 Å². The zero-order valence-corrected chi connectivity index (χ0v) is 11.3. The molecule has 1 fully saturated rings. The lowest BCUT2D eigenvalue weighted by Crippen LogP contribution is -2.31. The molecule has 1 aromatic carbocycles. The fraction of sp³-hybridized carbons (Fsp3) is 0.462. The monoisotopic (exact) mass is 267 g/mol. The van der Waals surface area contributed by atoms with Crippen molar-refractivity contribution >= 4 is 17.6 Å². The molecule has 2 rings (SSSR count). The summed E-state index contributed by atoms with van der Waals surface area (Å²) in [7, 11) is 2.07. The quantitative estimate of drug-likeness (QED) is 0.648. The van der Waals surface area contributed by atoms with Crippen molar-refractivity contribution in [2.24, 2.45) is 5.73 Å². The normalized spacial score (nSPS) is 19.4. The van der Waals surface area contributed by atoms with Crippen molar-refractivity contribution in [3.8, 4) is 0 Å². The molecule has 5 heteroatoms. The number of hydrogen-bond donors (Lipinski definition) is 2. The van der Waals surface area contributed by atoms with Gasteiger partial charge in [-0.15, -0.1) is 0 Å². The summed E-state index contributed by atoms with van der Waals surface area (Å²) >= 11 is 1.97. The molecule has 0 amide bonds. The molecule has 1 saturated heterocycles. The van der Waals surface area contributed by atoms with Gasteiger partial charge in [-0.2, -0.15) is 11.8 Å². The van der Waals surface area contributed by atoms with E-state index in [0.717, 1.165) is 11.3 Å². The summed E-state index contributed by atoms with van der Waals surface area (Å²) in [5.74, 6) is 1.94. The lowest BCUT2D eigenvalue weighted by Gasteiger charge is -2.24. The standard InChI is InChI=1S/C13H18FN3S/c1-17(11-4-5-18-8-11)7-9-2-3-10(14)6-12(9)13(15)16/h2-3,6,11H,4-5,7-8H2,1H3,(H3,15,16). The summed E-state index contributed by atoms with van der Waals surface area (Å²) in [6.45, 7) is 0.709. The Morgan fingerprint density at radius 1 is 1.61 bits per heavy atom. The van der Waals surface area contributed by atoms with E-state index in [2.05, 4.69) is 11.9 Å². The maximum Gasteiger partial charge on any atom is 0.123 e. The zero-order chi connectivity index (χ0) is 13.1. The van der Waals surface area contributed by atoms with Crippen LogP contribution in [0.2, 0.25) is 0 Å². The van der Waals surface area contributed by atoms with Gasteiger partial charge in [-0.25, -0.2) is 4.39 Å². The van der Waals surface area contributed by atoms with Crippen molar-refractivity contribution in [1.82, 2.24) is 4.90 Å². The Labute approximate surface area is 111 Å². The van der Waals surface area contributed by atoms with Gasteiger partial charge in [0.2, 0.25) is 0 Å². The highest BCUT2D eigenvalue weighted by Crippen LogP contribution is 2.23. The minimum Gasteiger partial charge on any atom is -0.384 e. The van der Waals surface area contributed by atoms with Gasteiger partial charge in [0.25, 0.3) is 0 Å². The molecule has 3 nitrogen and oxygen atoms in total. The first-order valence-corrected chi connectivity index (χ1v) is 7.14. The first kappa shape index (κ1) is 13.4. The molecule has 0 bridgehead atoms. The van der Waals surface area contributed by atoms with E-state index in [-0.39, 0.29) is 11.7 Å². The van der Waals surface area contributed by atoms with E-state index < -0.39 is 0 Å². The summed E-state index contributed by atoms with van der Waals surface area (Å²) in [5.41, 5.74) is 6.93. The van der Waals surface area contributed by atoms with Gasteiger partial charge in [-0.05, 0) is 36.9 Å². The number of hydrogen-bond acceptors (Lipinski definition) is 3. The van der Waals surface area contributed by atoms with Gasteiger partial charge in [0.15, 0.2) is 0 Å². The van der Waals surface area contributed by atoms with Gasteiger partial charge in [-0.3, -0.25) is 10.3 Å². The van der Waals surface area contributed by atoms with Crippen LogP contribution in [0.4, 0.5) is 4.39 Å². The molecule has 0 saturated carbocycles. The van der Waals surface area contributed by atoms with Gasteiger partial charge in [-0.1, -0.05) is 6.07 Å². The number of nitrogens with two attached hydrogens (primary N) is 1. The van der Waals surface area contributed by atoms with Gasteiger partial charge in [0.1, 0.15) is 11.7 Å². The molecule has 1 aromatic rings. The van der Waals surface area contributed by atoms with Crippen molar-refractivity contribution in [1.29, 1.82) is 5.41 Å². The highest BCUT2D eigenvalue weighted by atomic mass is 32.2. The zero-order valence-electron chi connectivity index (χ0n) is 10.4. The summed E-state index contributed by atoms with van der Waals surface area (Å²) in [5, 5.41) is 7.52. The van der Waals surface area contributed by atoms with Crippen molar-refractivity contribution < 1.29 is 4.39 Å². The van der Waals surface area contributed by atoms with E-state index >= 15 is 0 Å². The van der Waals surface area contributed by atoms with Crippen LogP contribution in [0.25, 0.3) is 0 Å². The number of nitrogen functional groups attached to an aromatic ring is 1. The molecular weight excluding hydrogens is 249 g/mol. The third kappa shape index (κ3) is 3.03. The third-order valence-electron chi connectivity index (χ3n) is 3.31. The first-order valence-electron chi connectivity index (χ1n) is 5.98. The Kier molecular flexibility index (Phi) is 4.24. The Morgan fingerprint density at radius 2 is 2.39 bits per heavy atom. The van der Waals surface area contributed by atoms with Crippen molar-refractivity contribution in [2.75, 3.05) is 18.6 Å². The molecule has 1 aliphatic rings. The Balaban J connectivity index is 2.15. The van der Waals surface area contributed by atoms with E-state index in [4.69, 9.17) is 11.1 Å². The van der Waals surface area contributed by atoms with Crippen LogP contribution in [-0.4, -0.2) is 35.3 Å². The van der Waals surface area contributed by atoms with Gasteiger partial charge in [0.05, 0.1) is 0 Å². The van der Waals surface area contributed by atoms with Crippen LogP contribution in [-0.2, 0) is 6.54 Å². The van der Waals surface area contributed by atoms with Crippen molar-refractivity contribution in [2.45, 2.75) is 19.0 Å². The van der Waals surface area contributed by atoms with Crippen molar-refractivity contribution in [3.05, 3.63) is 35.1 Å². The fourth-order valence-corrected chi connectivity index (χ4v) is 3.50. The maximum atomic E-state index is 13.2. The maximum absolute atomic E-state index is 13.2.